The van der Waals surface area contributed by atoms with Crippen LogP contribution in [0.3, 0.4) is 0 Å². The Labute approximate surface area is 190 Å². The van der Waals surface area contributed by atoms with E-state index in [0.29, 0.717) is 16.7 Å². The van der Waals surface area contributed by atoms with Gasteiger partial charge >= 0.3 is 0 Å². The number of para-hydroxylation sites is 1. The first-order valence-electron chi connectivity index (χ1n) is 9.81. The fraction of sp³-hybridized carbons (Fsp3) is 0.0870. The van der Waals surface area contributed by atoms with Crippen LogP contribution in [0.5, 0.6) is 0 Å². The molecule has 1 N–H and O–H groups in total. The van der Waals surface area contributed by atoms with Gasteiger partial charge in [0.05, 0.1) is 22.2 Å². The number of thiazole rings is 1. The zero-order chi connectivity index (χ0) is 23.3. The van der Waals surface area contributed by atoms with E-state index >= 15 is 0 Å². The molecular formula is C23H15N3O6S. The van der Waals surface area contributed by atoms with Crippen molar-refractivity contribution in [3.8, 4) is 0 Å². The van der Waals surface area contributed by atoms with Gasteiger partial charge in [0.2, 0.25) is 5.78 Å². The summed E-state index contributed by atoms with van der Waals surface area (Å²) in [5.74, 6) is -2.31. The maximum absolute atomic E-state index is 13.5. The Kier molecular flexibility index (Phi) is 4.79. The molecule has 0 bridgehead atoms. The van der Waals surface area contributed by atoms with Crippen LogP contribution in [0, 0.1) is 17.0 Å². The van der Waals surface area contributed by atoms with Gasteiger partial charge in [0.1, 0.15) is 5.58 Å². The first-order chi connectivity index (χ1) is 15.8. The molecule has 4 aromatic rings. The Morgan fingerprint density at radius 3 is 2.70 bits per heavy atom. The van der Waals surface area contributed by atoms with Gasteiger partial charge in [-0.3, -0.25) is 24.6 Å². The number of aromatic nitrogens is 1. The number of fused-ring (bicyclic) bond motifs is 1. The van der Waals surface area contributed by atoms with E-state index in [1.165, 1.54) is 29.2 Å². The lowest BCUT2D eigenvalue weighted by Crippen LogP contribution is -2.31. The van der Waals surface area contributed by atoms with Gasteiger partial charge in [-0.05, 0) is 24.6 Å². The van der Waals surface area contributed by atoms with Crippen molar-refractivity contribution in [3.63, 3.8) is 0 Å². The SMILES string of the molecule is Cc1csc(N2C(=O)C(O)=C(C(=O)c3cc4ccccc4o3)C2c2cccc([N+](=O)[O-])c2)n1. The molecule has 1 atom stereocenters. The van der Waals surface area contributed by atoms with Gasteiger partial charge < -0.3 is 9.52 Å². The number of aliphatic hydroxyl groups is 1. The number of ketones is 1. The van der Waals surface area contributed by atoms with Crippen LogP contribution in [0.1, 0.15) is 27.9 Å². The molecule has 0 spiro atoms. The number of aryl methyl sites for hydroxylation is 1. The highest BCUT2D eigenvalue weighted by Gasteiger charge is 2.46. The largest absolute Gasteiger partial charge is 0.503 e. The average Bonchev–Trinajstić information content (AvgIpc) is 3.50. The van der Waals surface area contributed by atoms with E-state index in [0.717, 1.165) is 11.3 Å². The van der Waals surface area contributed by atoms with Gasteiger partial charge in [-0.15, -0.1) is 11.3 Å². The predicted octanol–water partition coefficient (Wildman–Crippen LogP) is 4.89. The highest BCUT2D eigenvalue weighted by Crippen LogP contribution is 2.43. The number of carbonyl (C=O) groups is 2. The topological polar surface area (TPSA) is 127 Å². The molecule has 3 heterocycles. The summed E-state index contributed by atoms with van der Waals surface area (Å²) >= 11 is 1.16. The maximum atomic E-state index is 13.5. The van der Waals surface area contributed by atoms with E-state index in [9.17, 15) is 24.8 Å². The molecule has 0 radical (unpaired) electrons. The van der Waals surface area contributed by atoms with Gasteiger partial charge in [0.15, 0.2) is 16.7 Å². The average molecular weight is 461 g/mol. The minimum Gasteiger partial charge on any atom is -0.503 e. The molecule has 33 heavy (non-hydrogen) atoms. The highest BCUT2D eigenvalue weighted by molar-refractivity contribution is 7.14. The lowest BCUT2D eigenvalue weighted by molar-refractivity contribution is -0.384. The number of carbonyl (C=O) groups excluding carboxylic acids is 2. The molecule has 0 saturated carbocycles. The van der Waals surface area contributed by atoms with Gasteiger partial charge in [-0.2, -0.15) is 0 Å². The predicted molar refractivity (Wildman–Crippen MR) is 120 cm³/mol. The van der Waals surface area contributed by atoms with Crippen molar-refractivity contribution in [1.29, 1.82) is 0 Å². The lowest BCUT2D eigenvalue weighted by Gasteiger charge is -2.24. The van der Waals surface area contributed by atoms with Crippen LogP contribution in [-0.4, -0.2) is 26.7 Å². The number of anilines is 1. The van der Waals surface area contributed by atoms with Gasteiger partial charge in [0.25, 0.3) is 11.6 Å². The number of rotatable bonds is 5. The normalized spacial score (nSPS) is 16.1. The number of furan rings is 1. The zero-order valence-corrected chi connectivity index (χ0v) is 17.9. The fourth-order valence-electron chi connectivity index (χ4n) is 3.84. The summed E-state index contributed by atoms with van der Waals surface area (Å²) in [7, 11) is 0. The number of nitrogens with zero attached hydrogens (tertiary/aromatic N) is 3. The fourth-order valence-corrected chi connectivity index (χ4v) is 4.66. The van der Waals surface area contributed by atoms with Crippen LogP contribution in [-0.2, 0) is 4.79 Å². The molecule has 1 unspecified atom stereocenters. The van der Waals surface area contributed by atoms with Crippen LogP contribution in [0.2, 0.25) is 0 Å². The summed E-state index contributed by atoms with van der Waals surface area (Å²) in [6.45, 7) is 1.75. The molecule has 1 aliphatic rings. The van der Waals surface area contributed by atoms with Crippen molar-refractivity contribution in [2.75, 3.05) is 4.90 Å². The third-order valence-corrected chi connectivity index (χ3v) is 6.27. The smallest absolute Gasteiger partial charge is 0.296 e. The summed E-state index contributed by atoms with van der Waals surface area (Å²) in [5, 5.41) is 24.8. The molecule has 0 aliphatic carbocycles. The van der Waals surface area contributed by atoms with E-state index in [4.69, 9.17) is 4.42 Å². The molecule has 2 aromatic carbocycles. The monoisotopic (exact) mass is 461 g/mol. The van der Waals surface area contributed by atoms with E-state index in [1.54, 1.807) is 42.6 Å². The van der Waals surface area contributed by atoms with Crippen molar-refractivity contribution in [2.24, 2.45) is 0 Å². The number of nitro benzene ring substituents is 1. The highest BCUT2D eigenvalue weighted by atomic mass is 32.1. The number of hydrogen-bond donors (Lipinski definition) is 1. The summed E-state index contributed by atoms with van der Waals surface area (Å²) in [5.41, 5.74) is 0.972. The Bertz CT molecular complexity index is 1450. The van der Waals surface area contributed by atoms with Crippen LogP contribution in [0.4, 0.5) is 10.8 Å². The Morgan fingerprint density at radius 1 is 1.21 bits per heavy atom. The van der Waals surface area contributed by atoms with Gasteiger partial charge in [-0.1, -0.05) is 30.3 Å². The summed E-state index contributed by atoms with van der Waals surface area (Å²) in [4.78, 5) is 42.9. The van der Waals surface area contributed by atoms with Crippen molar-refractivity contribution in [3.05, 3.63) is 98.4 Å². The Hall–Kier alpha value is -4.31. The van der Waals surface area contributed by atoms with Crippen molar-refractivity contribution in [2.45, 2.75) is 13.0 Å². The third-order valence-electron chi connectivity index (χ3n) is 5.31. The molecule has 10 heteroatoms. The lowest BCUT2D eigenvalue weighted by atomic mass is 9.95. The molecule has 0 fully saturated rings. The van der Waals surface area contributed by atoms with Crippen LogP contribution in [0.25, 0.3) is 11.0 Å². The summed E-state index contributed by atoms with van der Waals surface area (Å²) < 4.78 is 5.67. The van der Waals surface area contributed by atoms with Crippen molar-refractivity contribution < 1.29 is 24.0 Å². The molecule has 0 saturated heterocycles. The van der Waals surface area contributed by atoms with Gasteiger partial charge in [0, 0.05) is 22.9 Å². The summed E-state index contributed by atoms with van der Waals surface area (Å²) in [6.07, 6.45) is 0. The van der Waals surface area contributed by atoms with Crippen molar-refractivity contribution >= 4 is 44.8 Å². The summed E-state index contributed by atoms with van der Waals surface area (Å²) in [6, 6.07) is 13.0. The Balaban J connectivity index is 1.68. The number of benzene rings is 2. The van der Waals surface area contributed by atoms with E-state index in [1.807, 2.05) is 0 Å². The van der Waals surface area contributed by atoms with Crippen LogP contribution >= 0.6 is 11.3 Å². The number of nitro groups is 1. The number of aliphatic hydroxyl groups excluding tert-OH is 1. The number of amides is 1. The molecule has 5 rings (SSSR count). The standard InChI is InChI=1S/C23H15N3O6S/c1-12-11-33-23(24-12)25-19(14-6-4-7-15(9-14)26(30)31)18(21(28)22(25)29)20(27)17-10-13-5-2-3-8-16(13)32-17/h2-11,19,28H,1H3. The minimum absolute atomic E-state index is 0.0573. The molecule has 9 nitrogen and oxygen atoms in total. The Morgan fingerprint density at radius 2 is 2.00 bits per heavy atom. The number of hydrogen-bond acceptors (Lipinski definition) is 8. The molecular weight excluding hydrogens is 446 g/mol. The second kappa shape index (κ2) is 7.68. The number of Topliss-reactive ketones (excluding diaryl/α,β-unsaturated/α-hetero) is 1. The van der Waals surface area contributed by atoms with Crippen LogP contribution in [0.15, 0.2) is 75.7 Å². The minimum atomic E-state index is -1.12. The molecule has 1 aliphatic heterocycles. The number of non-ortho nitro benzene ring substituents is 1. The van der Waals surface area contributed by atoms with Gasteiger partial charge in [-0.25, -0.2) is 4.98 Å². The van der Waals surface area contributed by atoms with Crippen molar-refractivity contribution in [1.82, 2.24) is 4.98 Å². The quantitative estimate of drug-likeness (QED) is 0.255. The second-order valence-electron chi connectivity index (χ2n) is 7.44. The van der Waals surface area contributed by atoms with Crippen LogP contribution < -0.4 is 4.90 Å². The molecule has 2 aromatic heterocycles. The van der Waals surface area contributed by atoms with E-state index in [-0.39, 0.29) is 27.7 Å². The second-order valence-corrected chi connectivity index (χ2v) is 8.28. The molecule has 1 amide bonds. The molecule has 164 valence electrons. The van der Waals surface area contributed by atoms with E-state index in [2.05, 4.69) is 4.98 Å². The zero-order valence-electron chi connectivity index (χ0n) is 17.1. The first kappa shape index (κ1) is 20.6. The van der Waals surface area contributed by atoms with E-state index < -0.39 is 28.4 Å². The third kappa shape index (κ3) is 3.37. The maximum Gasteiger partial charge on any atom is 0.296 e. The first-order valence-corrected chi connectivity index (χ1v) is 10.7.